The lowest BCUT2D eigenvalue weighted by Gasteiger charge is -2.32. The Kier molecular flexibility index (Phi) is 5.37. The highest BCUT2D eigenvalue weighted by molar-refractivity contribution is 6.29. The zero-order valence-electron chi connectivity index (χ0n) is 15.9. The first-order valence-corrected chi connectivity index (χ1v) is 9.77. The minimum Gasteiger partial charge on any atom is -0.434 e. The van der Waals surface area contributed by atoms with E-state index in [2.05, 4.69) is 16.3 Å². The van der Waals surface area contributed by atoms with E-state index in [0.29, 0.717) is 25.7 Å². The van der Waals surface area contributed by atoms with Crippen LogP contribution in [0.25, 0.3) is 0 Å². The Hall–Kier alpha value is -2.38. The highest BCUT2D eigenvalue weighted by Crippen LogP contribution is 2.46. The number of para-hydroxylation sites is 1. The Labute approximate surface area is 168 Å². The molecule has 1 amide bonds. The largest absolute Gasteiger partial charge is 0.434 e. The molecule has 2 aromatic rings. The summed E-state index contributed by atoms with van der Waals surface area (Å²) in [4.78, 5) is 14.3. The van der Waals surface area contributed by atoms with E-state index in [0.717, 1.165) is 29.7 Å². The van der Waals surface area contributed by atoms with Gasteiger partial charge in [0, 0.05) is 12.6 Å². The molecule has 2 aliphatic rings. The summed E-state index contributed by atoms with van der Waals surface area (Å²) in [5.74, 6) is 1.50. The van der Waals surface area contributed by atoms with Crippen LogP contribution in [0.3, 0.4) is 0 Å². The molecule has 1 unspecified atom stereocenters. The van der Waals surface area contributed by atoms with Crippen LogP contribution in [0.1, 0.15) is 36.8 Å². The molecule has 148 valence electrons. The van der Waals surface area contributed by atoms with Crippen LogP contribution < -0.4 is 9.47 Å². The van der Waals surface area contributed by atoms with Gasteiger partial charge in [-0.3, -0.25) is 0 Å². The number of aromatic nitrogens is 2. The van der Waals surface area contributed by atoms with Gasteiger partial charge in [-0.25, -0.2) is 4.79 Å². The first-order valence-electron chi connectivity index (χ1n) is 9.39. The maximum atomic E-state index is 12.6. The van der Waals surface area contributed by atoms with E-state index in [1.165, 1.54) is 6.07 Å². The molecule has 1 aromatic carbocycles. The van der Waals surface area contributed by atoms with Gasteiger partial charge in [0.1, 0.15) is 5.75 Å². The lowest BCUT2D eigenvalue weighted by atomic mass is 10.1. The average Bonchev–Trinajstić information content (AvgIpc) is 3.50. The first kappa shape index (κ1) is 19.0. The van der Waals surface area contributed by atoms with E-state index >= 15 is 0 Å². The minimum atomic E-state index is -0.489. The second-order valence-corrected chi connectivity index (χ2v) is 7.58. The Morgan fingerprint density at radius 3 is 2.89 bits per heavy atom. The van der Waals surface area contributed by atoms with Crippen molar-refractivity contribution in [2.75, 3.05) is 19.8 Å². The fourth-order valence-electron chi connectivity index (χ4n) is 3.26. The van der Waals surface area contributed by atoms with Crippen LogP contribution in [-0.4, -0.2) is 47.0 Å². The van der Waals surface area contributed by atoms with Crippen LogP contribution in [0, 0.1) is 6.92 Å². The van der Waals surface area contributed by atoms with Gasteiger partial charge < -0.3 is 19.1 Å². The van der Waals surface area contributed by atoms with Crippen molar-refractivity contribution in [1.29, 1.82) is 0 Å². The third kappa shape index (κ3) is 4.05. The lowest BCUT2D eigenvalue weighted by molar-refractivity contribution is 0.00830. The van der Waals surface area contributed by atoms with Crippen LogP contribution >= 0.6 is 11.6 Å². The number of ether oxygens (including phenoxy) is 3. The normalized spacial score (nSPS) is 19.4. The van der Waals surface area contributed by atoms with Crippen molar-refractivity contribution in [2.24, 2.45) is 0 Å². The summed E-state index contributed by atoms with van der Waals surface area (Å²) in [6, 6.07) is 7.43. The molecule has 1 saturated heterocycles. The quantitative estimate of drug-likeness (QED) is 0.756. The lowest BCUT2D eigenvalue weighted by Crippen LogP contribution is -2.48. The van der Waals surface area contributed by atoms with Crippen LogP contribution in [0.5, 0.6) is 17.4 Å². The number of carbonyl (C=O) groups excluding carboxylic acids is 1. The molecule has 28 heavy (non-hydrogen) atoms. The molecule has 0 N–H and O–H groups in total. The van der Waals surface area contributed by atoms with Gasteiger partial charge in [0.05, 0.1) is 19.3 Å². The minimum absolute atomic E-state index is 0.0753. The number of amides is 1. The maximum absolute atomic E-state index is 12.6. The van der Waals surface area contributed by atoms with Crippen LogP contribution in [0.4, 0.5) is 4.79 Å². The monoisotopic (exact) mass is 403 g/mol. The number of nitrogens with zero attached hydrogens (tertiary/aromatic N) is 3. The Morgan fingerprint density at radius 1 is 1.32 bits per heavy atom. The fourth-order valence-corrected chi connectivity index (χ4v) is 3.40. The third-order valence-electron chi connectivity index (χ3n) is 4.96. The zero-order valence-corrected chi connectivity index (χ0v) is 16.6. The van der Waals surface area contributed by atoms with E-state index < -0.39 is 6.09 Å². The van der Waals surface area contributed by atoms with E-state index in [4.69, 9.17) is 25.8 Å². The summed E-state index contributed by atoms with van der Waals surface area (Å²) in [6.45, 7) is 5.30. The Morgan fingerprint density at radius 2 is 2.14 bits per heavy atom. The van der Waals surface area contributed by atoms with Crippen LogP contribution in [0.2, 0.25) is 5.15 Å². The predicted octanol–water partition coefficient (Wildman–Crippen LogP) is 4.33. The molecular formula is C20H22ClN3O4. The van der Waals surface area contributed by atoms with Gasteiger partial charge in [0.2, 0.25) is 0 Å². The molecule has 8 heteroatoms. The number of hydrogen-bond acceptors (Lipinski definition) is 6. The Balaban J connectivity index is 1.60. The molecule has 2 fully saturated rings. The van der Waals surface area contributed by atoms with Crippen molar-refractivity contribution < 1.29 is 19.0 Å². The number of morpholine rings is 1. The van der Waals surface area contributed by atoms with Gasteiger partial charge in [-0.1, -0.05) is 29.8 Å². The molecule has 1 aliphatic carbocycles. The average molecular weight is 404 g/mol. The standard InChI is InChI=1S/C20H22ClN3O4/c1-12-4-3-5-15(14-6-7-14)18(12)28-19-16(10-17(21)22-23-19)27-20(25)24-8-9-26-11-13(24)2/h3-5,10,13-14H,6-9,11H2,1-2H3. The van der Waals surface area contributed by atoms with Crippen molar-refractivity contribution in [2.45, 2.75) is 38.6 Å². The van der Waals surface area contributed by atoms with Crippen molar-refractivity contribution >= 4 is 17.7 Å². The van der Waals surface area contributed by atoms with Gasteiger partial charge >= 0.3 is 6.09 Å². The topological polar surface area (TPSA) is 73.8 Å². The van der Waals surface area contributed by atoms with Crippen molar-refractivity contribution in [3.8, 4) is 17.4 Å². The molecule has 4 rings (SSSR count). The maximum Gasteiger partial charge on any atom is 0.415 e. The van der Waals surface area contributed by atoms with E-state index in [1.54, 1.807) is 4.90 Å². The summed E-state index contributed by atoms with van der Waals surface area (Å²) in [6.07, 6.45) is 1.79. The van der Waals surface area contributed by atoms with Gasteiger partial charge in [-0.2, -0.15) is 0 Å². The number of benzene rings is 1. The molecule has 1 atom stereocenters. The van der Waals surface area contributed by atoms with Crippen LogP contribution in [-0.2, 0) is 4.74 Å². The van der Waals surface area contributed by atoms with Gasteiger partial charge in [-0.15, -0.1) is 10.2 Å². The molecule has 1 saturated carbocycles. The molecule has 0 radical (unpaired) electrons. The number of halogens is 1. The van der Waals surface area contributed by atoms with E-state index in [9.17, 15) is 4.79 Å². The van der Waals surface area contributed by atoms with Crippen molar-refractivity contribution in [1.82, 2.24) is 15.1 Å². The summed E-state index contributed by atoms with van der Waals surface area (Å²) in [5.41, 5.74) is 2.12. The molecule has 7 nitrogen and oxygen atoms in total. The Bertz CT molecular complexity index is 888. The number of rotatable bonds is 4. The highest BCUT2D eigenvalue weighted by Gasteiger charge is 2.30. The second-order valence-electron chi connectivity index (χ2n) is 7.19. The highest BCUT2D eigenvalue weighted by atomic mass is 35.5. The van der Waals surface area contributed by atoms with E-state index in [-0.39, 0.29) is 22.8 Å². The number of aryl methyl sites for hydroxylation is 1. The first-order chi connectivity index (χ1) is 13.5. The third-order valence-corrected chi connectivity index (χ3v) is 5.14. The summed E-state index contributed by atoms with van der Waals surface area (Å²) >= 11 is 5.99. The molecule has 2 heterocycles. The van der Waals surface area contributed by atoms with Crippen molar-refractivity contribution in [3.05, 3.63) is 40.5 Å². The second kappa shape index (κ2) is 7.93. The van der Waals surface area contributed by atoms with E-state index in [1.807, 2.05) is 26.0 Å². The summed E-state index contributed by atoms with van der Waals surface area (Å²) in [5, 5.41) is 8.01. The zero-order chi connectivity index (χ0) is 19.7. The predicted molar refractivity (Wildman–Crippen MR) is 103 cm³/mol. The SMILES string of the molecule is Cc1cccc(C2CC2)c1Oc1nnc(Cl)cc1OC(=O)N1CCOCC1C. The van der Waals surface area contributed by atoms with Crippen LogP contribution in [0.15, 0.2) is 24.3 Å². The number of hydrogen-bond donors (Lipinski definition) is 0. The van der Waals surface area contributed by atoms with Gasteiger partial charge in [0.25, 0.3) is 5.88 Å². The van der Waals surface area contributed by atoms with Gasteiger partial charge in [0.15, 0.2) is 10.9 Å². The fraction of sp³-hybridized carbons (Fsp3) is 0.450. The summed E-state index contributed by atoms with van der Waals surface area (Å²) in [7, 11) is 0. The summed E-state index contributed by atoms with van der Waals surface area (Å²) < 4.78 is 17.0. The molecule has 1 aromatic heterocycles. The molecule has 0 spiro atoms. The van der Waals surface area contributed by atoms with Gasteiger partial charge in [-0.05, 0) is 43.7 Å². The molecule has 1 aliphatic heterocycles. The molecule has 0 bridgehead atoms. The smallest absolute Gasteiger partial charge is 0.415 e. The van der Waals surface area contributed by atoms with Crippen molar-refractivity contribution in [3.63, 3.8) is 0 Å². The molecular weight excluding hydrogens is 382 g/mol. The number of carbonyl (C=O) groups is 1.